The molecule has 2 nitrogen and oxygen atoms in total. The molecule has 0 heterocycles. The maximum absolute atomic E-state index is 11.4. The Labute approximate surface area is 92.0 Å². The minimum Gasteiger partial charge on any atom is -0.465 e. The average Bonchev–Trinajstić information content (AvgIpc) is 2.32. The molecule has 0 aromatic rings. The van der Waals surface area contributed by atoms with Gasteiger partial charge in [-0.05, 0) is 31.8 Å². The van der Waals surface area contributed by atoms with Crippen molar-refractivity contribution < 1.29 is 9.53 Å². The summed E-state index contributed by atoms with van der Waals surface area (Å²) in [5, 5.41) is 0. The Morgan fingerprint density at radius 1 is 1.20 bits per heavy atom. The summed E-state index contributed by atoms with van der Waals surface area (Å²) < 4.78 is 4.73. The lowest BCUT2D eigenvalue weighted by atomic mass is 10.1. The van der Waals surface area contributed by atoms with Gasteiger partial charge in [0.2, 0.25) is 0 Å². The summed E-state index contributed by atoms with van der Waals surface area (Å²) >= 11 is 0. The van der Waals surface area contributed by atoms with Crippen LogP contribution < -0.4 is 0 Å². The lowest BCUT2D eigenvalue weighted by molar-refractivity contribution is -0.136. The molecular formula is C13H20O2. The highest BCUT2D eigenvalue weighted by Gasteiger charge is 2.08. The number of esters is 1. The van der Waals surface area contributed by atoms with Crippen molar-refractivity contribution in [1.82, 2.24) is 0 Å². The van der Waals surface area contributed by atoms with Gasteiger partial charge in [-0.1, -0.05) is 25.7 Å². The molecule has 2 heteroatoms. The van der Waals surface area contributed by atoms with Crippen LogP contribution in [-0.2, 0) is 9.53 Å². The Morgan fingerprint density at radius 2 is 1.87 bits per heavy atom. The first-order valence-electron chi connectivity index (χ1n) is 5.87. The summed E-state index contributed by atoms with van der Waals surface area (Å²) in [6.07, 6.45) is 11.2. The van der Waals surface area contributed by atoms with E-state index in [0.29, 0.717) is 5.57 Å². The highest BCUT2D eigenvalue weighted by Crippen LogP contribution is 2.14. The Hall–Kier alpha value is -1.01. The molecule has 0 saturated carbocycles. The van der Waals surface area contributed by atoms with Crippen molar-refractivity contribution in [3.63, 3.8) is 0 Å². The van der Waals surface area contributed by atoms with Gasteiger partial charge in [-0.25, -0.2) is 4.79 Å². The number of carbonyl (C=O) groups excluding carboxylic acids is 1. The predicted molar refractivity (Wildman–Crippen MR) is 60.5 cm³/mol. The number of rotatable bonds is 1. The van der Waals surface area contributed by atoms with E-state index in [1.54, 1.807) is 0 Å². The maximum atomic E-state index is 11.4. The van der Waals surface area contributed by atoms with Gasteiger partial charge in [0.05, 0.1) is 12.7 Å². The van der Waals surface area contributed by atoms with E-state index in [4.69, 9.17) is 4.74 Å². The third-order valence-corrected chi connectivity index (χ3v) is 2.73. The normalized spacial score (nSPS) is 18.9. The second kappa shape index (κ2) is 7.30. The summed E-state index contributed by atoms with van der Waals surface area (Å²) in [5.74, 6) is -0.217. The fourth-order valence-corrected chi connectivity index (χ4v) is 1.81. The van der Waals surface area contributed by atoms with Crippen LogP contribution >= 0.6 is 0 Å². The molecule has 1 aliphatic rings. The molecule has 0 aliphatic heterocycles. The van der Waals surface area contributed by atoms with E-state index in [-0.39, 0.29) is 5.97 Å². The lowest BCUT2D eigenvalue weighted by Crippen LogP contribution is -2.03. The van der Waals surface area contributed by atoms with Crippen LogP contribution in [0.3, 0.4) is 0 Å². The van der Waals surface area contributed by atoms with E-state index in [1.165, 1.54) is 39.2 Å². The van der Waals surface area contributed by atoms with Crippen LogP contribution in [0.2, 0.25) is 0 Å². The van der Waals surface area contributed by atoms with Crippen molar-refractivity contribution in [2.45, 2.75) is 51.4 Å². The highest BCUT2D eigenvalue weighted by atomic mass is 16.5. The summed E-state index contributed by atoms with van der Waals surface area (Å²) in [6, 6.07) is 0. The van der Waals surface area contributed by atoms with E-state index in [2.05, 4.69) is 5.73 Å². The molecule has 0 amide bonds. The number of hydrogen-bond donors (Lipinski definition) is 0. The van der Waals surface area contributed by atoms with Crippen LogP contribution in [-0.4, -0.2) is 13.1 Å². The first kappa shape index (κ1) is 12.1. The zero-order valence-electron chi connectivity index (χ0n) is 9.55. The van der Waals surface area contributed by atoms with Gasteiger partial charge >= 0.3 is 5.97 Å². The third kappa shape index (κ3) is 4.85. The topological polar surface area (TPSA) is 26.3 Å². The molecule has 0 radical (unpaired) electrons. The second-order valence-corrected chi connectivity index (χ2v) is 3.98. The first-order valence-corrected chi connectivity index (χ1v) is 5.87. The third-order valence-electron chi connectivity index (χ3n) is 2.73. The van der Waals surface area contributed by atoms with E-state index in [1.807, 2.05) is 6.08 Å². The van der Waals surface area contributed by atoms with Gasteiger partial charge in [0.15, 0.2) is 0 Å². The Kier molecular flexibility index (Phi) is 5.87. The summed E-state index contributed by atoms with van der Waals surface area (Å²) in [4.78, 5) is 11.4. The lowest BCUT2D eigenvalue weighted by Gasteiger charge is -2.02. The van der Waals surface area contributed by atoms with Crippen LogP contribution in [0.5, 0.6) is 0 Å². The van der Waals surface area contributed by atoms with E-state index >= 15 is 0 Å². The molecule has 0 atom stereocenters. The monoisotopic (exact) mass is 208 g/mol. The van der Waals surface area contributed by atoms with Crippen LogP contribution in [0, 0.1) is 0 Å². The van der Waals surface area contributed by atoms with E-state index < -0.39 is 0 Å². The molecule has 0 fully saturated rings. The van der Waals surface area contributed by atoms with Gasteiger partial charge in [0, 0.05) is 0 Å². The summed E-state index contributed by atoms with van der Waals surface area (Å²) in [7, 11) is 1.43. The standard InChI is InChI=1S/C13H20O2/c1-15-13(14)12-10-8-6-4-2-3-5-7-9-11-12/h8H,2-7,9,11H2,1H3. The minimum absolute atomic E-state index is 0.217. The van der Waals surface area contributed by atoms with Crippen molar-refractivity contribution in [1.29, 1.82) is 0 Å². The highest BCUT2D eigenvalue weighted by molar-refractivity contribution is 5.87. The van der Waals surface area contributed by atoms with Crippen molar-refractivity contribution in [3.05, 3.63) is 17.4 Å². The zero-order chi connectivity index (χ0) is 10.9. The van der Waals surface area contributed by atoms with Gasteiger partial charge < -0.3 is 4.74 Å². The van der Waals surface area contributed by atoms with Crippen molar-refractivity contribution >= 4 is 5.97 Å². The van der Waals surface area contributed by atoms with Gasteiger partial charge in [0.1, 0.15) is 0 Å². The Bertz CT molecular complexity index is 260. The summed E-state index contributed by atoms with van der Waals surface area (Å²) in [5.41, 5.74) is 3.79. The Balaban J connectivity index is 2.61. The minimum atomic E-state index is -0.217. The smallest absolute Gasteiger partial charge is 0.341 e. The van der Waals surface area contributed by atoms with Gasteiger partial charge in [-0.2, -0.15) is 0 Å². The molecule has 0 bridgehead atoms. The van der Waals surface area contributed by atoms with Crippen LogP contribution in [0.1, 0.15) is 51.4 Å². The predicted octanol–water partition coefficient (Wildman–Crippen LogP) is 3.38. The number of ether oxygens (including phenoxy) is 1. The van der Waals surface area contributed by atoms with Crippen LogP contribution in [0.25, 0.3) is 0 Å². The Morgan fingerprint density at radius 3 is 2.60 bits per heavy atom. The van der Waals surface area contributed by atoms with Crippen LogP contribution in [0.15, 0.2) is 17.4 Å². The quantitative estimate of drug-likeness (QED) is 0.488. The van der Waals surface area contributed by atoms with E-state index in [0.717, 1.165) is 19.3 Å². The number of hydrogen-bond acceptors (Lipinski definition) is 2. The van der Waals surface area contributed by atoms with Crippen molar-refractivity contribution in [2.24, 2.45) is 0 Å². The molecule has 0 saturated heterocycles. The molecule has 0 N–H and O–H groups in total. The average molecular weight is 208 g/mol. The molecular weight excluding hydrogens is 188 g/mol. The largest absolute Gasteiger partial charge is 0.465 e. The van der Waals surface area contributed by atoms with E-state index in [9.17, 15) is 4.79 Å². The molecule has 0 unspecified atom stereocenters. The second-order valence-electron chi connectivity index (χ2n) is 3.98. The fourth-order valence-electron chi connectivity index (χ4n) is 1.81. The molecule has 15 heavy (non-hydrogen) atoms. The first-order chi connectivity index (χ1) is 7.34. The SMILES string of the molecule is COC(=O)C1=C=CCCCCCCCC1. The van der Waals surface area contributed by atoms with Crippen molar-refractivity contribution in [2.75, 3.05) is 7.11 Å². The van der Waals surface area contributed by atoms with Gasteiger partial charge in [-0.15, -0.1) is 5.73 Å². The molecule has 1 aliphatic carbocycles. The van der Waals surface area contributed by atoms with Gasteiger partial charge in [-0.3, -0.25) is 0 Å². The summed E-state index contributed by atoms with van der Waals surface area (Å²) in [6.45, 7) is 0. The van der Waals surface area contributed by atoms with Gasteiger partial charge in [0.25, 0.3) is 0 Å². The zero-order valence-corrected chi connectivity index (χ0v) is 9.55. The molecule has 84 valence electrons. The van der Waals surface area contributed by atoms with Crippen molar-refractivity contribution in [3.8, 4) is 0 Å². The molecule has 0 aromatic carbocycles. The number of carbonyl (C=O) groups is 1. The molecule has 0 aromatic heterocycles. The molecule has 1 rings (SSSR count). The maximum Gasteiger partial charge on any atom is 0.341 e. The fraction of sp³-hybridized carbons (Fsp3) is 0.692. The molecule has 0 spiro atoms. The number of methoxy groups -OCH3 is 1. The van der Waals surface area contributed by atoms with Crippen LogP contribution in [0.4, 0.5) is 0 Å².